The third-order valence-corrected chi connectivity index (χ3v) is 3.91. The number of hydrogen-bond acceptors (Lipinski definition) is 3. The lowest BCUT2D eigenvalue weighted by Crippen LogP contribution is -2.27. The fourth-order valence-corrected chi connectivity index (χ4v) is 2.62. The standard InChI is InChI=1S/C15H18N4O2/c1-9-7-16-8-12(9)15(21)17-11-4-2-10(3-5-11)13-6-14(20)19-18-13/h2-6,9,12,16H,7-8H2,1H3,(H,17,21)(H2,18,19,20)/t9-,12-/m1/s1. The number of amides is 1. The molecule has 2 atom stereocenters. The Hall–Kier alpha value is -2.34. The Morgan fingerprint density at radius 2 is 1.95 bits per heavy atom. The van der Waals surface area contributed by atoms with Gasteiger partial charge >= 0.3 is 0 Å². The van der Waals surface area contributed by atoms with Crippen LogP contribution in [0.25, 0.3) is 11.3 Å². The summed E-state index contributed by atoms with van der Waals surface area (Å²) in [7, 11) is 0. The first-order valence-electron chi connectivity index (χ1n) is 7.03. The Labute approximate surface area is 121 Å². The smallest absolute Gasteiger partial charge is 0.264 e. The second-order valence-corrected chi connectivity index (χ2v) is 5.48. The second kappa shape index (κ2) is 5.57. The van der Waals surface area contributed by atoms with Gasteiger partial charge in [0.25, 0.3) is 5.56 Å². The summed E-state index contributed by atoms with van der Waals surface area (Å²) in [5, 5.41) is 11.5. The summed E-state index contributed by atoms with van der Waals surface area (Å²) in [5.41, 5.74) is 2.22. The predicted octanol–water partition coefficient (Wildman–Crippen LogP) is 1.16. The van der Waals surface area contributed by atoms with Gasteiger partial charge in [-0.15, -0.1) is 0 Å². The fourth-order valence-electron chi connectivity index (χ4n) is 2.62. The molecular formula is C15H18N4O2. The summed E-state index contributed by atoms with van der Waals surface area (Å²) in [6.07, 6.45) is 0. The highest BCUT2D eigenvalue weighted by molar-refractivity contribution is 5.93. The van der Waals surface area contributed by atoms with E-state index in [0.717, 1.165) is 30.0 Å². The van der Waals surface area contributed by atoms with Crippen LogP contribution in [0.4, 0.5) is 5.69 Å². The maximum atomic E-state index is 12.2. The van der Waals surface area contributed by atoms with Crippen molar-refractivity contribution in [1.82, 2.24) is 15.5 Å². The van der Waals surface area contributed by atoms with Crippen LogP contribution in [0, 0.1) is 11.8 Å². The molecule has 110 valence electrons. The van der Waals surface area contributed by atoms with Crippen LogP contribution in [0.5, 0.6) is 0 Å². The van der Waals surface area contributed by atoms with E-state index in [-0.39, 0.29) is 17.4 Å². The number of carbonyl (C=O) groups excluding carboxylic acids is 1. The van der Waals surface area contributed by atoms with Crippen molar-refractivity contribution < 1.29 is 4.79 Å². The SMILES string of the molecule is C[C@@H]1CNC[C@H]1C(=O)Nc1ccc(-c2cc(=O)[nH][nH]2)cc1. The zero-order valence-corrected chi connectivity index (χ0v) is 11.8. The van der Waals surface area contributed by atoms with Crippen LogP contribution in [0.3, 0.4) is 0 Å². The molecule has 0 bridgehead atoms. The van der Waals surface area contributed by atoms with Crippen LogP contribution < -0.4 is 16.2 Å². The Morgan fingerprint density at radius 1 is 1.19 bits per heavy atom. The number of aromatic amines is 2. The molecule has 0 saturated carbocycles. The molecular weight excluding hydrogens is 268 g/mol. The monoisotopic (exact) mass is 286 g/mol. The number of H-pyrrole nitrogens is 2. The highest BCUT2D eigenvalue weighted by atomic mass is 16.2. The van der Waals surface area contributed by atoms with Gasteiger partial charge < -0.3 is 10.6 Å². The first kappa shape index (κ1) is 13.6. The van der Waals surface area contributed by atoms with Gasteiger partial charge in [-0.05, 0) is 30.2 Å². The van der Waals surface area contributed by atoms with Crippen molar-refractivity contribution in [3.8, 4) is 11.3 Å². The molecule has 4 N–H and O–H groups in total. The number of benzene rings is 1. The molecule has 2 aromatic rings. The van der Waals surface area contributed by atoms with Gasteiger partial charge in [0.15, 0.2) is 0 Å². The van der Waals surface area contributed by atoms with Crippen molar-refractivity contribution in [1.29, 1.82) is 0 Å². The zero-order valence-electron chi connectivity index (χ0n) is 11.8. The van der Waals surface area contributed by atoms with E-state index in [4.69, 9.17) is 0 Å². The molecule has 3 rings (SSSR count). The third kappa shape index (κ3) is 2.90. The maximum absolute atomic E-state index is 12.2. The van der Waals surface area contributed by atoms with Gasteiger partial charge in [-0.25, -0.2) is 0 Å². The lowest BCUT2D eigenvalue weighted by atomic mass is 9.97. The van der Waals surface area contributed by atoms with Crippen LogP contribution in [0.15, 0.2) is 35.1 Å². The first-order valence-corrected chi connectivity index (χ1v) is 7.03. The van der Waals surface area contributed by atoms with Crippen LogP contribution >= 0.6 is 0 Å². The lowest BCUT2D eigenvalue weighted by Gasteiger charge is -2.14. The molecule has 21 heavy (non-hydrogen) atoms. The highest BCUT2D eigenvalue weighted by Gasteiger charge is 2.29. The fraction of sp³-hybridized carbons (Fsp3) is 0.333. The van der Waals surface area contributed by atoms with E-state index in [1.165, 1.54) is 6.07 Å². The molecule has 1 amide bonds. The summed E-state index contributed by atoms with van der Waals surface area (Å²) >= 11 is 0. The van der Waals surface area contributed by atoms with Gasteiger partial charge in [0.05, 0.1) is 11.6 Å². The topological polar surface area (TPSA) is 89.8 Å². The average Bonchev–Trinajstić information content (AvgIpc) is 3.08. The van der Waals surface area contributed by atoms with Crippen LogP contribution in [0.2, 0.25) is 0 Å². The quantitative estimate of drug-likeness (QED) is 0.682. The van der Waals surface area contributed by atoms with Crippen molar-refractivity contribution in [3.05, 3.63) is 40.7 Å². The zero-order chi connectivity index (χ0) is 14.8. The minimum Gasteiger partial charge on any atom is -0.326 e. The number of rotatable bonds is 3. The van der Waals surface area contributed by atoms with Gasteiger partial charge in [0.1, 0.15) is 0 Å². The van der Waals surface area contributed by atoms with Gasteiger partial charge in [-0.1, -0.05) is 19.1 Å². The molecule has 6 heteroatoms. The highest BCUT2D eigenvalue weighted by Crippen LogP contribution is 2.21. The van der Waals surface area contributed by atoms with Crippen LogP contribution in [-0.4, -0.2) is 29.2 Å². The minimum absolute atomic E-state index is 0.0192. The van der Waals surface area contributed by atoms with E-state index in [1.54, 1.807) is 0 Å². The van der Waals surface area contributed by atoms with Crippen molar-refractivity contribution in [3.63, 3.8) is 0 Å². The number of carbonyl (C=O) groups is 1. The van der Waals surface area contributed by atoms with Gasteiger partial charge in [-0.2, -0.15) is 0 Å². The number of aromatic nitrogens is 2. The van der Waals surface area contributed by atoms with E-state index in [1.807, 2.05) is 24.3 Å². The second-order valence-electron chi connectivity index (χ2n) is 5.48. The number of hydrogen-bond donors (Lipinski definition) is 4. The third-order valence-electron chi connectivity index (χ3n) is 3.91. The Kier molecular flexibility index (Phi) is 3.62. The van der Waals surface area contributed by atoms with Crippen LogP contribution in [-0.2, 0) is 4.79 Å². The molecule has 1 aliphatic heterocycles. The molecule has 0 aliphatic carbocycles. The largest absolute Gasteiger partial charge is 0.326 e. The van der Waals surface area contributed by atoms with E-state index >= 15 is 0 Å². The van der Waals surface area contributed by atoms with E-state index in [2.05, 4.69) is 27.8 Å². The summed E-state index contributed by atoms with van der Waals surface area (Å²) in [6.45, 7) is 3.70. The van der Waals surface area contributed by atoms with Crippen molar-refractivity contribution in [2.75, 3.05) is 18.4 Å². The normalized spacial score (nSPS) is 21.4. The molecule has 1 saturated heterocycles. The van der Waals surface area contributed by atoms with E-state index in [9.17, 15) is 9.59 Å². The van der Waals surface area contributed by atoms with Crippen LogP contribution in [0.1, 0.15) is 6.92 Å². The molecule has 1 fully saturated rings. The molecule has 2 heterocycles. The Balaban J connectivity index is 1.70. The maximum Gasteiger partial charge on any atom is 0.264 e. The molecule has 1 aromatic carbocycles. The van der Waals surface area contributed by atoms with Gasteiger partial charge in [0.2, 0.25) is 5.91 Å². The molecule has 6 nitrogen and oxygen atoms in total. The Bertz CT molecular complexity index is 686. The molecule has 0 spiro atoms. The Morgan fingerprint density at radius 3 is 2.52 bits per heavy atom. The first-order chi connectivity index (χ1) is 10.1. The molecule has 1 aromatic heterocycles. The van der Waals surface area contributed by atoms with Gasteiger partial charge in [0, 0.05) is 18.3 Å². The van der Waals surface area contributed by atoms with Crippen molar-refractivity contribution in [2.45, 2.75) is 6.92 Å². The average molecular weight is 286 g/mol. The van der Waals surface area contributed by atoms with E-state index in [0.29, 0.717) is 5.92 Å². The molecule has 0 radical (unpaired) electrons. The van der Waals surface area contributed by atoms with Crippen molar-refractivity contribution >= 4 is 11.6 Å². The number of anilines is 1. The molecule has 0 unspecified atom stereocenters. The summed E-state index contributed by atoms with van der Waals surface area (Å²) in [6, 6.07) is 8.91. The van der Waals surface area contributed by atoms with Gasteiger partial charge in [-0.3, -0.25) is 19.8 Å². The van der Waals surface area contributed by atoms with Crippen molar-refractivity contribution in [2.24, 2.45) is 11.8 Å². The summed E-state index contributed by atoms with van der Waals surface area (Å²) in [5.74, 6) is 0.426. The minimum atomic E-state index is -0.162. The molecule has 1 aliphatic rings. The predicted molar refractivity (Wildman–Crippen MR) is 81.0 cm³/mol. The summed E-state index contributed by atoms with van der Waals surface area (Å²) < 4.78 is 0. The number of nitrogens with one attached hydrogen (secondary N) is 4. The van der Waals surface area contributed by atoms with E-state index < -0.39 is 0 Å². The summed E-state index contributed by atoms with van der Waals surface area (Å²) in [4.78, 5) is 23.3. The lowest BCUT2D eigenvalue weighted by molar-refractivity contribution is -0.120.